The maximum atomic E-state index is 9.83. The molecule has 1 heterocycles. The second-order valence-electron chi connectivity index (χ2n) is 1.50. The molecule has 0 unspecified atom stereocenters. The summed E-state index contributed by atoms with van der Waals surface area (Å²) in [5.74, 6) is -0.0499. The van der Waals surface area contributed by atoms with E-state index in [2.05, 4.69) is 14.7 Å². The van der Waals surface area contributed by atoms with Crippen LogP contribution in [-0.4, -0.2) is 16.4 Å². The van der Waals surface area contributed by atoms with E-state index in [1.807, 2.05) is 0 Å². The SMILES string of the molecule is O=COc1ncc(Cl)nc1Cl. The van der Waals surface area contributed by atoms with Gasteiger partial charge in [-0.3, -0.25) is 4.79 Å². The van der Waals surface area contributed by atoms with E-state index in [9.17, 15) is 4.79 Å². The van der Waals surface area contributed by atoms with Crippen molar-refractivity contribution >= 4 is 29.7 Å². The maximum Gasteiger partial charge on any atom is 0.299 e. The standard InChI is InChI=1S/C5H2Cl2N2O2/c6-3-1-8-5(11-2-10)4(7)9-3/h1-2H. The van der Waals surface area contributed by atoms with Gasteiger partial charge in [-0.25, -0.2) is 9.97 Å². The van der Waals surface area contributed by atoms with Gasteiger partial charge < -0.3 is 4.74 Å². The monoisotopic (exact) mass is 192 g/mol. The van der Waals surface area contributed by atoms with Gasteiger partial charge in [0.2, 0.25) is 0 Å². The van der Waals surface area contributed by atoms with Gasteiger partial charge in [-0.15, -0.1) is 0 Å². The number of hydrogen-bond acceptors (Lipinski definition) is 4. The quantitative estimate of drug-likeness (QED) is 0.664. The van der Waals surface area contributed by atoms with Crippen molar-refractivity contribution in [2.45, 2.75) is 0 Å². The first kappa shape index (κ1) is 8.23. The molecule has 0 aliphatic rings. The topological polar surface area (TPSA) is 52.1 Å². The molecule has 0 aliphatic heterocycles. The summed E-state index contributed by atoms with van der Waals surface area (Å²) in [5, 5.41) is 0.109. The van der Waals surface area contributed by atoms with Crippen LogP contribution in [0.1, 0.15) is 0 Å². The first-order valence-electron chi connectivity index (χ1n) is 2.52. The van der Waals surface area contributed by atoms with Crippen LogP contribution in [0.3, 0.4) is 0 Å². The molecular weight excluding hydrogens is 191 g/mol. The van der Waals surface area contributed by atoms with Crippen molar-refractivity contribution in [1.29, 1.82) is 0 Å². The van der Waals surface area contributed by atoms with Gasteiger partial charge in [0.25, 0.3) is 12.4 Å². The molecule has 11 heavy (non-hydrogen) atoms. The summed E-state index contributed by atoms with van der Waals surface area (Å²) in [6.07, 6.45) is 1.23. The van der Waals surface area contributed by atoms with E-state index < -0.39 is 0 Å². The summed E-state index contributed by atoms with van der Waals surface area (Å²) in [4.78, 5) is 17.0. The maximum absolute atomic E-state index is 9.83. The molecule has 4 nitrogen and oxygen atoms in total. The van der Waals surface area contributed by atoms with E-state index in [-0.39, 0.29) is 22.7 Å². The lowest BCUT2D eigenvalue weighted by Crippen LogP contribution is -1.94. The fraction of sp³-hybridized carbons (Fsp3) is 0. The fourth-order valence-electron chi connectivity index (χ4n) is 0.460. The van der Waals surface area contributed by atoms with Crippen LogP contribution in [0.2, 0.25) is 10.3 Å². The third kappa shape index (κ3) is 2.03. The molecule has 0 bridgehead atoms. The lowest BCUT2D eigenvalue weighted by molar-refractivity contribution is -0.120. The van der Waals surface area contributed by atoms with Crippen molar-refractivity contribution in [2.24, 2.45) is 0 Å². The van der Waals surface area contributed by atoms with Gasteiger partial charge in [0, 0.05) is 0 Å². The molecule has 0 N–H and O–H groups in total. The Hall–Kier alpha value is -0.870. The molecule has 0 saturated carbocycles. The summed E-state index contributed by atoms with van der Waals surface area (Å²) in [6, 6.07) is 0. The molecule has 0 aromatic carbocycles. The Bertz CT molecular complexity index is 279. The van der Waals surface area contributed by atoms with E-state index in [4.69, 9.17) is 23.2 Å². The van der Waals surface area contributed by atoms with Gasteiger partial charge in [0.15, 0.2) is 5.15 Å². The summed E-state index contributed by atoms with van der Waals surface area (Å²) in [7, 11) is 0. The van der Waals surface area contributed by atoms with E-state index in [1.54, 1.807) is 0 Å². The van der Waals surface area contributed by atoms with E-state index >= 15 is 0 Å². The Morgan fingerprint density at radius 1 is 1.55 bits per heavy atom. The van der Waals surface area contributed by atoms with Crippen LogP contribution < -0.4 is 4.74 Å². The summed E-state index contributed by atoms with van der Waals surface area (Å²) < 4.78 is 4.35. The average Bonchev–Trinajstić information content (AvgIpc) is 1.95. The molecule has 6 heteroatoms. The lowest BCUT2D eigenvalue weighted by Gasteiger charge is -1.96. The second kappa shape index (κ2) is 3.50. The molecule has 58 valence electrons. The van der Waals surface area contributed by atoms with Crippen molar-refractivity contribution < 1.29 is 9.53 Å². The molecule has 0 saturated heterocycles. The van der Waals surface area contributed by atoms with E-state index in [0.29, 0.717) is 0 Å². The van der Waals surface area contributed by atoms with Crippen molar-refractivity contribution in [3.63, 3.8) is 0 Å². The normalized spacial score (nSPS) is 9.27. The highest BCUT2D eigenvalue weighted by Crippen LogP contribution is 2.19. The first-order valence-corrected chi connectivity index (χ1v) is 3.28. The zero-order valence-electron chi connectivity index (χ0n) is 5.12. The van der Waals surface area contributed by atoms with Crippen LogP contribution in [0, 0.1) is 0 Å². The van der Waals surface area contributed by atoms with E-state index in [1.165, 1.54) is 6.20 Å². The van der Waals surface area contributed by atoms with Gasteiger partial charge in [-0.1, -0.05) is 23.2 Å². The fourth-order valence-corrected chi connectivity index (χ4v) is 0.821. The zero-order chi connectivity index (χ0) is 8.27. The summed E-state index contributed by atoms with van der Waals surface area (Å²) in [6.45, 7) is 0.212. The number of carbonyl (C=O) groups excluding carboxylic acids is 1. The minimum Gasteiger partial charge on any atom is -0.406 e. The van der Waals surface area contributed by atoms with Gasteiger partial charge in [-0.2, -0.15) is 0 Å². The number of halogens is 2. The largest absolute Gasteiger partial charge is 0.406 e. The van der Waals surface area contributed by atoms with Crippen LogP contribution in [0.5, 0.6) is 5.88 Å². The van der Waals surface area contributed by atoms with Crippen molar-refractivity contribution in [3.8, 4) is 5.88 Å². The molecule has 1 aromatic heterocycles. The Morgan fingerprint density at radius 3 is 2.82 bits per heavy atom. The average molecular weight is 193 g/mol. The number of nitrogens with zero attached hydrogens (tertiary/aromatic N) is 2. The number of hydrogen-bond donors (Lipinski definition) is 0. The molecule has 0 spiro atoms. The minimum absolute atomic E-state index is 0.0374. The van der Waals surface area contributed by atoms with Crippen LogP contribution >= 0.6 is 23.2 Å². The van der Waals surface area contributed by atoms with Gasteiger partial charge in [-0.05, 0) is 0 Å². The van der Waals surface area contributed by atoms with Crippen LogP contribution in [0.25, 0.3) is 0 Å². The predicted molar refractivity (Wildman–Crippen MR) is 38.7 cm³/mol. The van der Waals surface area contributed by atoms with Gasteiger partial charge >= 0.3 is 0 Å². The van der Waals surface area contributed by atoms with Gasteiger partial charge in [0.1, 0.15) is 5.15 Å². The highest BCUT2D eigenvalue weighted by Gasteiger charge is 2.03. The number of carbonyl (C=O) groups is 1. The van der Waals surface area contributed by atoms with Crippen molar-refractivity contribution in [2.75, 3.05) is 0 Å². The molecule has 0 aliphatic carbocycles. The van der Waals surface area contributed by atoms with Crippen LogP contribution in [0.15, 0.2) is 6.20 Å². The third-order valence-corrected chi connectivity index (χ3v) is 1.26. The van der Waals surface area contributed by atoms with E-state index in [0.717, 1.165) is 0 Å². The third-order valence-electron chi connectivity index (χ3n) is 0.830. The Balaban J connectivity index is 2.98. The number of rotatable bonds is 2. The van der Waals surface area contributed by atoms with Crippen molar-refractivity contribution in [1.82, 2.24) is 9.97 Å². The predicted octanol–water partition coefficient (Wildman–Crippen LogP) is 1.32. The highest BCUT2D eigenvalue weighted by molar-refractivity contribution is 6.33. The number of ether oxygens (including phenoxy) is 1. The molecule has 0 radical (unpaired) electrons. The van der Waals surface area contributed by atoms with Crippen molar-refractivity contribution in [3.05, 3.63) is 16.5 Å². The lowest BCUT2D eigenvalue weighted by atomic mass is 10.7. The molecule has 0 atom stereocenters. The van der Waals surface area contributed by atoms with Crippen LogP contribution in [0.4, 0.5) is 0 Å². The highest BCUT2D eigenvalue weighted by atomic mass is 35.5. The molecule has 0 amide bonds. The molecule has 0 fully saturated rings. The Kier molecular flexibility index (Phi) is 2.62. The molecule has 1 rings (SSSR count). The van der Waals surface area contributed by atoms with Crippen LogP contribution in [-0.2, 0) is 4.79 Å². The smallest absolute Gasteiger partial charge is 0.299 e. The Labute approximate surface area is 72.1 Å². The summed E-state index contributed by atoms with van der Waals surface area (Å²) >= 11 is 10.9. The molecule has 1 aromatic rings. The molecular formula is C5H2Cl2N2O2. The summed E-state index contributed by atoms with van der Waals surface area (Å²) in [5.41, 5.74) is 0. The number of aromatic nitrogens is 2. The zero-order valence-corrected chi connectivity index (χ0v) is 6.63. The second-order valence-corrected chi connectivity index (χ2v) is 2.25. The Morgan fingerprint density at radius 2 is 2.27 bits per heavy atom. The minimum atomic E-state index is -0.0499. The van der Waals surface area contributed by atoms with Gasteiger partial charge in [0.05, 0.1) is 6.20 Å². The first-order chi connectivity index (χ1) is 5.24.